The molecule has 1 saturated heterocycles. The Labute approximate surface area is 115 Å². The normalized spacial score (nSPS) is 30.9. The highest BCUT2D eigenvalue weighted by Gasteiger charge is 2.40. The van der Waals surface area contributed by atoms with Gasteiger partial charge in [-0.2, -0.15) is 0 Å². The van der Waals surface area contributed by atoms with Crippen molar-refractivity contribution in [3.8, 4) is 0 Å². The molecule has 1 aliphatic heterocycles. The molecule has 19 heavy (non-hydrogen) atoms. The largest absolute Gasteiger partial charge is 0.445 e. The molecule has 1 aromatic rings. The molecule has 0 amide bonds. The lowest BCUT2D eigenvalue weighted by molar-refractivity contribution is 0.0547. The van der Waals surface area contributed by atoms with E-state index in [1.807, 2.05) is 6.20 Å². The van der Waals surface area contributed by atoms with Crippen LogP contribution < -0.4 is 5.32 Å². The number of hydrogen-bond acceptors (Lipinski definition) is 4. The second-order valence-electron chi connectivity index (χ2n) is 5.54. The molecule has 2 heterocycles. The van der Waals surface area contributed by atoms with E-state index in [0.717, 1.165) is 37.6 Å². The first-order valence-corrected chi connectivity index (χ1v) is 7.44. The summed E-state index contributed by atoms with van der Waals surface area (Å²) in [5.74, 6) is 2.66. The Morgan fingerprint density at radius 3 is 2.68 bits per heavy atom. The van der Waals surface area contributed by atoms with Gasteiger partial charge in [-0.3, -0.25) is 0 Å². The SMILES string of the molecule is CCNCCCc1ncc(C2C(C)OC(C)C2C)o1. The van der Waals surface area contributed by atoms with Crippen LogP contribution in [0.15, 0.2) is 10.6 Å². The summed E-state index contributed by atoms with van der Waals surface area (Å²) in [6.45, 7) is 10.6. The van der Waals surface area contributed by atoms with E-state index in [9.17, 15) is 0 Å². The Balaban J connectivity index is 1.93. The molecule has 0 bridgehead atoms. The number of rotatable bonds is 6. The van der Waals surface area contributed by atoms with E-state index < -0.39 is 0 Å². The molecule has 1 fully saturated rings. The number of nitrogens with zero attached hydrogens (tertiary/aromatic N) is 1. The molecule has 0 aliphatic carbocycles. The number of aryl methyl sites for hydroxylation is 1. The summed E-state index contributed by atoms with van der Waals surface area (Å²) in [7, 11) is 0. The van der Waals surface area contributed by atoms with E-state index in [0.29, 0.717) is 17.9 Å². The van der Waals surface area contributed by atoms with Gasteiger partial charge in [0.05, 0.1) is 18.4 Å². The fourth-order valence-electron chi connectivity index (χ4n) is 2.89. The summed E-state index contributed by atoms with van der Waals surface area (Å²) in [6, 6.07) is 0. The molecule has 4 nitrogen and oxygen atoms in total. The Hall–Kier alpha value is -0.870. The van der Waals surface area contributed by atoms with Gasteiger partial charge in [0.2, 0.25) is 0 Å². The first-order valence-electron chi connectivity index (χ1n) is 7.44. The first kappa shape index (κ1) is 14.5. The van der Waals surface area contributed by atoms with E-state index in [1.54, 1.807) is 0 Å². The fourth-order valence-corrected chi connectivity index (χ4v) is 2.89. The third-order valence-corrected chi connectivity index (χ3v) is 4.14. The van der Waals surface area contributed by atoms with E-state index in [4.69, 9.17) is 9.15 Å². The zero-order valence-electron chi connectivity index (χ0n) is 12.5. The summed E-state index contributed by atoms with van der Waals surface area (Å²) >= 11 is 0. The molecule has 4 unspecified atom stereocenters. The Bertz CT molecular complexity index is 391. The van der Waals surface area contributed by atoms with Crippen LogP contribution in [0.5, 0.6) is 0 Å². The number of aromatic nitrogens is 1. The third kappa shape index (κ3) is 3.37. The van der Waals surface area contributed by atoms with Crippen LogP contribution >= 0.6 is 0 Å². The Morgan fingerprint density at radius 2 is 2.05 bits per heavy atom. The lowest BCUT2D eigenvalue weighted by Crippen LogP contribution is -2.14. The molecule has 1 N–H and O–H groups in total. The predicted molar refractivity (Wildman–Crippen MR) is 75.3 cm³/mol. The molecule has 4 atom stereocenters. The highest BCUT2D eigenvalue weighted by Crippen LogP contribution is 2.39. The zero-order valence-corrected chi connectivity index (χ0v) is 12.5. The lowest BCUT2D eigenvalue weighted by Gasteiger charge is -2.14. The van der Waals surface area contributed by atoms with Gasteiger partial charge in [-0.15, -0.1) is 0 Å². The second-order valence-corrected chi connectivity index (χ2v) is 5.54. The van der Waals surface area contributed by atoms with Crippen LogP contribution in [0.3, 0.4) is 0 Å². The summed E-state index contributed by atoms with van der Waals surface area (Å²) in [5, 5.41) is 3.31. The Morgan fingerprint density at radius 1 is 1.26 bits per heavy atom. The number of nitrogens with one attached hydrogen (secondary N) is 1. The van der Waals surface area contributed by atoms with Crippen LogP contribution in [0, 0.1) is 5.92 Å². The van der Waals surface area contributed by atoms with Crippen molar-refractivity contribution >= 4 is 0 Å². The zero-order chi connectivity index (χ0) is 13.8. The van der Waals surface area contributed by atoms with Gasteiger partial charge in [-0.05, 0) is 39.3 Å². The molecule has 1 aliphatic rings. The summed E-state index contributed by atoms with van der Waals surface area (Å²) < 4.78 is 11.8. The second kappa shape index (κ2) is 6.53. The summed E-state index contributed by atoms with van der Waals surface area (Å²) in [5.41, 5.74) is 0. The van der Waals surface area contributed by atoms with Gasteiger partial charge >= 0.3 is 0 Å². The van der Waals surface area contributed by atoms with Crippen LogP contribution in [0.1, 0.15) is 51.7 Å². The topological polar surface area (TPSA) is 47.3 Å². The maximum absolute atomic E-state index is 5.92. The van der Waals surface area contributed by atoms with Crippen LogP contribution in [-0.4, -0.2) is 30.3 Å². The summed E-state index contributed by atoms with van der Waals surface area (Å²) in [6.07, 6.45) is 4.37. The Kier molecular flexibility index (Phi) is 4.99. The lowest BCUT2D eigenvalue weighted by atomic mass is 9.88. The minimum absolute atomic E-state index is 0.215. The van der Waals surface area contributed by atoms with Gasteiger partial charge in [0.15, 0.2) is 5.89 Å². The third-order valence-electron chi connectivity index (χ3n) is 4.14. The van der Waals surface area contributed by atoms with Crippen molar-refractivity contribution in [1.82, 2.24) is 10.3 Å². The summed E-state index contributed by atoms with van der Waals surface area (Å²) in [4.78, 5) is 4.40. The molecular weight excluding hydrogens is 240 g/mol. The van der Waals surface area contributed by atoms with E-state index in [-0.39, 0.29) is 6.10 Å². The van der Waals surface area contributed by atoms with Gasteiger partial charge in [0, 0.05) is 12.3 Å². The number of ether oxygens (including phenoxy) is 1. The maximum atomic E-state index is 5.92. The van der Waals surface area contributed by atoms with Crippen LogP contribution in [-0.2, 0) is 11.2 Å². The molecule has 0 aromatic carbocycles. The quantitative estimate of drug-likeness (QED) is 0.804. The fraction of sp³-hybridized carbons (Fsp3) is 0.800. The van der Waals surface area contributed by atoms with E-state index in [1.165, 1.54) is 0 Å². The van der Waals surface area contributed by atoms with Gasteiger partial charge < -0.3 is 14.5 Å². The standard InChI is InChI=1S/C15H26N2O2/c1-5-16-8-6-7-14-17-9-13(19-14)15-10(2)11(3)18-12(15)4/h9-12,15-16H,5-8H2,1-4H3. The predicted octanol–water partition coefficient (Wildman–Crippen LogP) is 2.74. The smallest absolute Gasteiger partial charge is 0.194 e. The van der Waals surface area contributed by atoms with Crippen molar-refractivity contribution in [2.75, 3.05) is 13.1 Å². The monoisotopic (exact) mass is 266 g/mol. The molecule has 0 spiro atoms. The van der Waals surface area contributed by atoms with Crippen molar-refractivity contribution in [2.45, 2.75) is 58.7 Å². The average Bonchev–Trinajstić information content (AvgIpc) is 2.91. The minimum Gasteiger partial charge on any atom is -0.445 e. The molecule has 108 valence electrons. The van der Waals surface area contributed by atoms with Crippen LogP contribution in [0.25, 0.3) is 0 Å². The van der Waals surface area contributed by atoms with Crippen LogP contribution in [0.4, 0.5) is 0 Å². The van der Waals surface area contributed by atoms with E-state index in [2.05, 4.69) is 38.0 Å². The van der Waals surface area contributed by atoms with Crippen molar-refractivity contribution in [3.63, 3.8) is 0 Å². The van der Waals surface area contributed by atoms with Crippen molar-refractivity contribution in [1.29, 1.82) is 0 Å². The maximum Gasteiger partial charge on any atom is 0.194 e. The molecule has 2 rings (SSSR count). The number of oxazole rings is 1. The van der Waals surface area contributed by atoms with Gasteiger partial charge in [-0.1, -0.05) is 13.8 Å². The van der Waals surface area contributed by atoms with E-state index >= 15 is 0 Å². The number of hydrogen-bond donors (Lipinski definition) is 1. The minimum atomic E-state index is 0.215. The van der Waals surface area contributed by atoms with Gasteiger partial charge in [0.1, 0.15) is 5.76 Å². The highest BCUT2D eigenvalue weighted by molar-refractivity contribution is 5.09. The van der Waals surface area contributed by atoms with Crippen molar-refractivity contribution < 1.29 is 9.15 Å². The van der Waals surface area contributed by atoms with Gasteiger partial charge in [-0.25, -0.2) is 4.98 Å². The molecule has 0 saturated carbocycles. The molecular formula is C15H26N2O2. The van der Waals surface area contributed by atoms with Crippen molar-refractivity contribution in [2.24, 2.45) is 5.92 Å². The van der Waals surface area contributed by atoms with Gasteiger partial charge in [0.25, 0.3) is 0 Å². The average molecular weight is 266 g/mol. The highest BCUT2D eigenvalue weighted by atomic mass is 16.5. The van der Waals surface area contributed by atoms with Crippen molar-refractivity contribution in [3.05, 3.63) is 17.8 Å². The molecule has 4 heteroatoms. The first-order chi connectivity index (χ1) is 9.13. The van der Waals surface area contributed by atoms with Crippen LogP contribution in [0.2, 0.25) is 0 Å². The molecule has 1 aromatic heterocycles. The molecule has 0 radical (unpaired) electrons.